The molecule has 0 bridgehead atoms. The highest BCUT2D eigenvalue weighted by Crippen LogP contribution is 2.34. The van der Waals surface area contributed by atoms with Crippen LogP contribution in [-0.4, -0.2) is 30.3 Å². The predicted molar refractivity (Wildman–Crippen MR) is 86.7 cm³/mol. The number of rotatable bonds is 2. The smallest absolute Gasteiger partial charge is 0.106 e. The van der Waals surface area contributed by atoms with E-state index >= 15 is 0 Å². The molecule has 5 heteroatoms. The molecule has 1 heterocycles. The molecule has 2 fully saturated rings. The van der Waals surface area contributed by atoms with E-state index in [9.17, 15) is 0 Å². The second-order valence-electron chi connectivity index (χ2n) is 5.48. The molecule has 108 valence electrons. The third kappa shape index (κ3) is 2.65. The van der Waals surface area contributed by atoms with Crippen molar-refractivity contribution >= 4 is 34.5 Å². The summed E-state index contributed by atoms with van der Waals surface area (Å²) in [5.41, 5.74) is 7.85. The lowest BCUT2D eigenvalue weighted by Gasteiger charge is -2.45. The summed E-state index contributed by atoms with van der Waals surface area (Å²) >= 11 is 11.3. The standard InChI is InChI=1S/C15H19ClN2OS/c16-10-5-6-12(11(9-10)15(17)20)18-7-8-19-14-4-2-1-3-13(14)18/h5-6,9,13-14H,1-4,7-8H2,(H2,17,20). The number of morpholine rings is 1. The van der Waals surface area contributed by atoms with Gasteiger partial charge in [0.1, 0.15) is 4.99 Å². The first-order valence-electron chi connectivity index (χ1n) is 7.14. The van der Waals surface area contributed by atoms with Crippen LogP contribution in [0, 0.1) is 0 Å². The van der Waals surface area contributed by atoms with Crippen LogP contribution in [0.2, 0.25) is 5.02 Å². The number of halogens is 1. The average Bonchev–Trinajstić information content (AvgIpc) is 2.46. The predicted octanol–water partition coefficient (Wildman–Crippen LogP) is 3.12. The van der Waals surface area contributed by atoms with Gasteiger partial charge >= 0.3 is 0 Å². The summed E-state index contributed by atoms with van der Waals surface area (Å²) in [7, 11) is 0. The maximum atomic E-state index is 6.08. The van der Waals surface area contributed by atoms with Crippen LogP contribution in [0.1, 0.15) is 31.2 Å². The first-order chi connectivity index (χ1) is 9.66. The van der Waals surface area contributed by atoms with Crippen molar-refractivity contribution in [2.75, 3.05) is 18.1 Å². The molecule has 1 aromatic carbocycles. The Kier molecular flexibility index (Phi) is 4.15. The Morgan fingerprint density at radius 3 is 2.95 bits per heavy atom. The maximum Gasteiger partial charge on any atom is 0.106 e. The zero-order valence-electron chi connectivity index (χ0n) is 11.3. The normalized spacial score (nSPS) is 26.1. The molecule has 2 unspecified atom stereocenters. The summed E-state index contributed by atoms with van der Waals surface area (Å²) in [6.07, 6.45) is 5.18. The van der Waals surface area contributed by atoms with Gasteiger partial charge in [-0.3, -0.25) is 0 Å². The zero-order chi connectivity index (χ0) is 14.1. The Hall–Kier alpha value is -0.840. The monoisotopic (exact) mass is 310 g/mol. The summed E-state index contributed by atoms with van der Waals surface area (Å²) in [4.78, 5) is 2.82. The van der Waals surface area contributed by atoms with Gasteiger partial charge in [0.05, 0.1) is 18.8 Å². The number of benzene rings is 1. The molecule has 1 saturated carbocycles. The molecule has 0 amide bonds. The molecule has 2 N–H and O–H groups in total. The molecule has 1 saturated heterocycles. The Morgan fingerprint density at radius 1 is 1.35 bits per heavy atom. The van der Waals surface area contributed by atoms with Crippen molar-refractivity contribution in [1.82, 2.24) is 0 Å². The Morgan fingerprint density at radius 2 is 2.15 bits per heavy atom. The van der Waals surface area contributed by atoms with E-state index in [0.29, 0.717) is 22.2 Å². The highest BCUT2D eigenvalue weighted by atomic mass is 35.5. The van der Waals surface area contributed by atoms with Crippen LogP contribution in [0.3, 0.4) is 0 Å². The van der Waals surface area contributed by atoms with Crippen LogP contribution in [0.5, 0.6) is 0 Å². The summed E-state index contributed by atoms with van der Waals surface area (Å²) in [6, 6.07) is 6.25. The van der Waals surface area contributed by atoms with Crippen molar-refractivity contribution in [1.29, 1.82) is 0 Å². The van der Waals surface area contributed by atoms with Gasteiger partial charge in [0.2, 0.25) is 0 Å². The fourth-order valence-corrected chi connectivity index (χ4v) is 3.69. The number of nitrogens with zero attached hydrogens (tertiary/aromatic N) is 1. The molecule has 0 aromatic heterocycles. The molecule has 2 aliphatic rings. The lowest BCUT2D eigenvalue weighted by Crippen LogP contribution is -2.53. The first kappa shape index (κ1) is 14.1. The van der Waals surface area contributed by atoms with Gasteiger partial charge in [-0.1, -0.05) is 36.7 Å². The Balaban J connectivity index is 1.96. The van der Waals surface area contributed by atoms with E-state index in [1.165, 1.54) is 19.3 Å². The lowest BCUT2D eigenvalue weighted by atomic mass is 9.89. The summed E-state index contributed by atoms with van der Waals surface area (Å²) < 4.78 is 5.93. The molecule has 0 spiro atoms. The number of thiocarbonyl (C=S) groups is 1. The van der Waals surface area contributed by atoms with E-state index in [-0.39, 0.29) is 0 Å². The first-order valence-corrected chi connectivity index (χ1v) is 7.93. The highest BCUT2D eigenvalue weighted by molar-refractivity contribution is 7.80. The lowest BCUT2D eigenvalue weighted by molar-refractivity contribution is -0.00868. The number of hydrogen-bond donors (Lipinski definition) is 1. The number of ether oxygens (including phenoxy) is 1. The van der Waals surface area contributed by atoms with Crippen molar-refractivity contribution in [3.05, 3.63) is 28.8 Å². The van der Waals surface area contributed by atoms with Crippen LogP contribution >= 0.6 is 23.8 Å². The van der Waals surface area contributed by atoms with Gasteiger partial charge in [-0.15, -0.1) is 0 Å². The molecule has 3 nitrogen and oxygen atoms in total. The molecule has 3 rings (SSSR count). The number of nitrogens with two attached hydrogens (primary N) is 1. The molecular formula is C15H19ClN2OS. The third-order valence-electron chi connectivity index (χ3n) is 4.27. The molecule has 2 atom stereocenters. The van der Waals surface area contributed by atoms with Crippen LogP contribution in [0.15, 0.2) is 18.2 Å². The molecule has 1 aromatic rings. The second kappa shape index (κ2) is 5.88. The van der Waals surface area contributed by atoms with Crippen molar-refractivity contribution in [3.8, 4) is 0 Å². The molecule has 1 aliphatic carbocycles. The third-order valence-corrected chi connectivity index (χ3v) is 4.72. The Labute approximate surface area is 130 Å². The van der Waals surface area contributed by atoms with Gasteiger partial charge in [-0.25, -0.2) is 0 Å². The van der Waals surface area contributed by atoms with Crippen molar-refractivity contribution < 1.29 is 4.74 Å². The van der Waals surface area contributed by atoms with Gasteiger partial charge in [0.15, 0.2) is 0 Å². The maximum absolute atomic E-state index is 6.08. The summed E-state index contributed by atoms with van der Waals surface area (Å²) in [5, 5.41) is 0.671. The van der Waals surface area contributed by atoms with Crippen LogP contribution in [0.4, 0.5) is 5.69 Å². The minimum Gasteiger partial charge on any atom is -0.389 e. The quantitative estimate of drug-likeness (QED) is 0.852. The summed E-state index contributed by atoms with van der Waals surface area (Å²) in [6.45, 7) is 1.65. The largest absolute Gasteiger partial charge is 0.389 e. The van der Waals surface area contributed by atoms with Crippen molar-refractivity contribution in [2.45, 2.75) is 37.8 Å². The van der Waals surface area contributed by atoms with Gasteiger partial charge < -0.3 is 15.4 Å². The highest BCUT2D eigenvalue weighted by Gasteiger charge is 2.35. The fraction of sp³-hybridized carbons (Fsp3) is 0.533. The van der Waals surface area contributed by atoms with Crippen LogP contribution in [0.25, 0.3) is 0 Å². The zero-order valence-corrected chi connectivity index (χ0v) is 12.9. The number of fused-ring (bicyclic) bond motifs is 1. The molecule has 0 radical (unpaired) electrons. The second-order valence-corrected chi connectivity index (χ2v) is 6.36. The van der Waals surface area contributed by atoms with Gasteiger partial charge in [-0.05, 0) is 31.0 Å². The molecular weight excluding hydrogens is 292 g/mol. The van der Waals surface area contributed by atoms with E-state index in [1.807, 2.05) is 18.2 Å². The van der Waals surface area contributed by atoms with Gasteiger partial charge in [-0.2, -0.15) is 0 Å². The van der Waals surface area contributed by atoms with E-state index in [2.05, 4.69) is 4.90 Å². The Bertz CT molecular complexity index is 521. The average molecular weight is 311 g/mol. The van der Waals surface area contributed by atoms with E-state index in [0.717, 1.165) is 30.8 Å². The minimum atomic E-state index is 0.340. The van der Waals surface area contributed by atoms with E-state index in [1.54, 1.807) is 0 Å². The molecule has 1 aliphatic heterocycles. The van der Waals surface area contributed by atoms with Crippen LogP contribution < -0.4 is 10.6 Å². The topological polar surface area (TPSA) is 38.5 Å². The van der Waals surface area contributed by atoms with Gasteiger partial charge in [0.25, 0.3) is 0 Å². The number of anilines is 1. The number of hydrogen-bond acceptors (Lipinski definition) is 3. The summed E-state index contributed by atoms with van der Waals surface area (Å²) in [5.74, 6) is 0. The van der Waals surface area contributed by atoms with Gasteiger partial charge in [0, 0.05) is 22.8 Å². The van der Waals surface area contributed by atoms with Crippen molar-refractivity contribution in [3.63, 3.8) is 0 Å². The fourth-order valence-electron chi connectivity index (χ4n) is 3.35. The van der Waals surface area contributed by atoms with Crippen molar-refractivity contribution in [2.24, 2.45) is 5.73 Å². The SMILES string of the molecule is NC(=S)c1cc(Cl)ccc1N1CCOC2CCCCC21. The van der Waals surface area contributed by atoms with E-state index in [4.69, 9.17) is 34.3 Å². The minimum absolute atomic E-state index is 0.340. The molecule has 20 heavy (non-hydrogen) atoms. The van der Waals surface area contributed by atoms with E-state index < -0.39 is 0 Å². The van der Waals surface area contributed by atoms with Crippen LogP contribution in [-0.2, 0) is 4.74 Å².